The van der Waals surface area contributed by atoms with Crippen LogP contribution >= 0.6 is 0 Å². The topological polar surface area (TPSA) is 18.5 Å². The predicted molar refractivity (Wildman–Crippen MR) is 111 cm³/mol. The molecule has 0 atom stereocenters. The van der Waals surface area contributed by atoms with Crippen molar-refractivity contribution < 1.29 is 13.2 Å². The molecule has 0 saturated carbocycles. The van der Waals surface area contributed by atoms with Crippen LogP contribution in [0.25, 0.3) is 0 Å². The van der Waals surface area contributed by atoms with Gasteiger partial charge in [0.1, 0.15) is 5.75 Å². The van der Waals surface area contributed by atoms with Crippen molar-refractivity contribution >= 4 is 16.6 Å². The lowest BCUT2D eigenvalue weighted by Crippen LogP contribution is -2.40. The summed E-state index contributed by atoms with van der Waals surface area (Å²) >= 11 is 0. The first-order valence-corrected chi connectivity index (χ1v) is 15.2. The molecule has 1 rings (SSSR count). The Kier molecular flexibility index (Phi) is 6.74. The Balaban J connectivity index is 2.90. The molecule has 0 spiro atoms. The zero-order valence-electron chi connectivity index (χ0n) is 17.8. The molecule has 0 aliphatic carbocycles. The Bertz CT molecular complexity index is 584. The monoisotopic (exact) mass is 384 g/mol. The summed E-state index contributed by atoms with van der Waals surface area (Å²) in [7, 11) is -3.82. The fourth-order valence-corrected chi connectivity index (χ4v) is 7.15. The van der Waals surface area contributed by atoms with Crippen molar-refractivity contribution in [1.82, 2.24) is 0 Å². The van der Waals surface area contributed by atoms with Crippen LogP contribution < -0.4 is 4.43 Å². The van der Waals surface area contributed by atoms with Gasteiger partial charge in [0.25, 0.3) is 0 Å². The Hall–Kier alpha value is -0.656. The molecule has 0 N–H and O–H groups in total. The molecule has 0 saturated heterocycles. The average molecular weight is 385 g/mol. The van der Waals surface area contributed by atoms with E-state index < -0.39 is 16.6 Å². The van der Waals surface area contributed by atoms with E-state index in [-0.39, 0.29) is 16.3 Å². The van der Waals surface area contributed by atoms with Gasteiger partial charge in [-0.25, -0.2) is 4.39 Å². The molecule has 1 aromatic carbocycles. The Morgan fingerprint density at radius 2 is 1.52 bits per heavy atom. The van der Waals surface area contributed by atoms with Gasteiger partial charge in [0.05, 0.1) is 6.61 Å². The van der Waals surface area contributed by atoms with Crippen molar-refractivity contribution in [3.8, 4) is 5.75 Å². The maximum absolute atomic E-state index is 14.3. The lowest BCUT2D eigenvalue weighted by atomic mass is 10.0. The predicted octanol–water partition coefficient (Wildman–Crippen LogP) is 6.98. The molecule has 0 heterocycles. The van der Waals surface area contributed by atoms with Gasteiger partial charge in [-0.15, -0.1) is 0 Å². The van der Waals surface area contributed by atoms with Crippen LogP contribution in [0.2, 0.25) is 37.3 Å². The van der Waals surface area contributed by atoms with Gasteiger partial charge >= 0.3 is 0 Å². The lowest BCUT2D eigenvalue weighted by molar-refractivity contribution is 0.275. The molecule has 0 aromatic heterocycles. The van der Waals surface area contributed by atoms with E-state index in [4.69, 9.17) is 8.85 Å². The van der Waals surface area contributed by atoms with Crippen molar-refractivity contribution in [3.05, 3.63) is 29.6 Å². The highest BCUT2D eigenvalue weighted by Crippen LogP contribution is 2.37. The molecule has 25 heavy (non-hydrogen) atoms. The van der Waals surface area contributed by atoms with Crippen molar-refractivity contribution in [3.63, 3.8) is 0 Å². The molecule has 0 radical (unpaired) electrons. The highest BCUT2D eigenvalue weighted by Gasteiger charge is 2.37. The van der Waals surface area contributed by atoms with E-state index in [2.05, 4.69) is 67.7 Å². The third-order valence-electron chi connectivity index (χ3n) is 4.74. The number of hydrogen-bond acceptors (Lipinski definition) is 2. The smallest absolute Gasteiger partial charge is 0.245 e. The van der Waals surface area contributed by atoms with Gasteiger partial charge in [-0.05, 0) is 60.4 Å². The first kappa shape index (κ1) is 22.4. The molecule has 5 heteroatoms. The van der Waals surface area contributed by atoms with Crippen molar-refractivity contribution in [2.24, 2.45) is 5.41 Å². The van der Waals surface area contributed by atoms with Crippen LogP contribution in [0.3, 0.4) is 0 Å². The summed E-state index contributed by atoms with van der Waals surface area (Å²) < 4.78 is 26.7. The summed E-state index contributed by atoms with van der Waals surface area (Å²) in [5, 5.41) is 0.161. The largest absolute Gasteiger partial charge is 0.542 e. The van der Waals surface area contributed by atoms with E-state index in [0.29, 0.717) is 12.4 Å². The summed E-state index contributed by atoms with van der Waals surface area (Å²) in [5.41, 5.74) is 1.15. The van der Waals surface area contributed by atoms with Gasteiger partial charge in [-0.3, -0.25) is 0 Å². The minimum Gasteiger partial charge on any atom is -0.542 e. The standard InChI is InChI=1S/C20H37FO2Si2/c1-19(2,3)15-24(7,8)23-18-13-16(11-12-17(18)21)14-22-25(9,10)20(4,5)6/h11-13H,14-15H2,1-10H3. The van der Waals surface area contributed by atoms with Crippen molar-refractivity contribution in [2.75, 3.05) is 0 Å². The zero-order chi connectivity index (χ0) is 19.7. The highest BCUT2D eigenvalue weighted by molar-refractivity contribution is 6.74. The number of rotatable bonds is 6. The molecule has 0 bridgehead atoms. The van der Waals surface area contributed by atoms with Gasteiger partial charge in [-0.2, -0.15) is 0 Å². The maximum atomic E-state index is 14.3. The molecule has 0 aliphatic rings. The molecule has 0 fully saturated rings. The van der Waals surface area contributed by atoms with E-state index in [1.165, 1.54) is 6.07 Å². The number of hydrogen-bond donors (Lipinski definition) is 0. The molecule has 0 unspecified atom stereocenters. The molecule has 144 valence electrons. The summed E-state index contributed by atoms with van der Waals surface area (Å²) in [4.78, 5) is 0. The zero-order valence-corrected chi connectivity index (χ0v) is 19.8. The fourth-order valence-electron chi connectivity index (χ4n) is 2.81. The van der Waals surface area contributed by atoms with Gasteiger partial charge in [-0.1, -0.05) is 47.6 Å². The summed E-state index contributed by atoms with van der Waals surface area (Å²) in [6.07, 6.45) is 0. The van der Waals surface area contributed by atoms with Crippen LogP contribution in [0.1, 0.15) is 47.1 Å². The SMILES string of the molecule is CC(C)(C)C[Si](C)(C)Oc1cc(CO[Si](C)(C)C(C)(C)C)ccc1F. The summed E-state index contributed by atoms with van der Waals surface area (Å²) in [6, 6.07) is 6.10. The molecular formula is C20H37FO2Si2. The average Bonchev–Trinajstić information content (AvgIpc) is 2.35. The maximum Gasteiger partial charge on any atom is 0.245 e. The van der Waals surface area contributed by atoms with E-state index in [9.17, 15) is 4.39 Å². The Morgan fingerprint density at radius 3 is 2.00 bits per heavy atom. The Labute approximate surface area is 156 Å². The second-order valence-corrected chi connectivity index (χ2v) is 19.3. The van der Waals surface area contributed by atoms with E-state index in [1.54, 1.807) is 6.07 Å². The molecule has 0 aliphatic heterocycles. The summed E-state index contributed by atoms with van der Waals surface area (Å²) in [6.45, 7) is 22.5. The van der Waals surface area contributed by atoms with Crippen LogP contribution in [-0.4, -0.2) is 16.6 Å². The van der Waals surface area contributed by atoms with Gasteiger partial charge in [0.2, 0.25) is 8.32 Å². The van der Waals surface area contributed by atoms with Crippen LogP contribution in [-0.2, 0) is 11.0 Å². The van der Waals surface area contributed by atoms with Gasteiger partial charge in [0, 0.05) is 0 Å². The third kappa shape index (κ3) is 7.23. The second-order valence-electron chi connectivity index (χ2n) is 10.4. The van der Waals surface area contributed by atoms with Crippen molar-refractivity contribution in [2.45, 2.75) is 85.4 Å². The minimum atomic E-state index is -2.00. The van der Waals surface area contributed by atoms with E-state index in [1.807, 2.05) is 6.07 Å². The molecule has 1 aromatic rings. The second kappa shape index (κ2) is 7.53. The normalized spacial score (nSPS) is 13.9. The highest BCUT2D eigenvalue weighted by atomic mass is 28.4. The van der Waals surface area contributed by atoms with E-state index in [0.717, 1.165) is 11.6 Å². The van der Waals surface area contributed by atoms with Gasteiger partial charge < -0.3 is 8.85 Å². The number of halogens is 1. The minimum absolute atomic E-state index is 0.161. The van der Waals surface area contributed by atoms with Crippen LogP contribution in [0.4, 0.5) is 4.39 Å². The fraction of sp³-hybridized carbons (Fsp3) is 0.700. The molecule has 0 amide bonds. The van der Waals surface area contributed by atoms with Crippen molar-refractivity contribution in [1.29, 1.82) is 0 Å². The molecule has 2 nitrogen and oxygen atoms in total. The van der Waals surface area contributed by atoms with Gasteiger partial charge in [0.15, 0.2) is 14.1 Å². The third-order valence-corrected chi connectivity index (χ3v) is 11.9. The van der Waals surface area contributed by atoms with Crippen LogP contribution in [0.15, 0.2) is 18.2 Å². The van der Waals surface area contributed by atoms with E-state index >= 15 is 0 Å². The van der Waals surface area contributed by atoms with Crippen LogP contribution in [0, 0.1) is 11.2 Å². The first-order valence-electron chi connectivity index (χ1n) is 9.14. The molecular weight excluding hydrogens is 347 g/mol. The number of benzene rings is 1. The summed E-state index contributed by atoms with van der Waals surface area (Å²) in [5.74, 6) is 0.0859. The lowest BCUT2D eigenvalue weighted by Gasteiger charge is -2.36. The Morgan fingerprint density at radius 1 is 0.960 bits per heavy atom. The van der Waals surface area contributed by atoms with Crippen LogP contribution in [0.5, 0.6) is 5.75 Å². The quantitative estimate of drug-likeness (QED) is 0.493. The first-order chi connectivity index (χ1) is 11.0.